The van der Waals surface area contributed by atoms with Crippen molar-refractivity contribution in [3.63, 3.8) is 0 Å². The molecule has 0 bridgehead atoms. The predicted octanol–water partition coefficient (Wildman–Crippen LogP) is 3.14. The van der Waals surface area contributed by atoms with Crippen LogP contribution < -0.4 is 10.6 Å². The quantitative estimate of drug-likeness (QED) is 0.839. The van der Waals surface area contributed by atoms with Crippen LogP contribution in [0.2, 0.25) is 0 Å². The van der Waals surface area contributed by atoms with E-state index < -0.39 is 0 Å². The van der Waals surface area contributed by atoms with Crippen molar-refractivity contribution in [1.29, 1.82) is 0 Å². The maximum atomic E-state index is 4.42. The van der Waals surface area contributed by atoms with Gasteiger partial charge in [-0.2, -0.15) is 0 Å². The smallest absolute Gasteiger partial charge is 0.147 e. The Labute approximate surface area is 111 Å². The molecule has 5 heteroatoms. The fraction of sp³-hybridized carbons (Fsp3) is 0.385. The van der Waals surface area contributed by atoms with Crippen LogP contribution >= 0.6 is 11.3 Å². The molecule has 2 rings (SSSR count). The molecule has 2 N–H and O–H groups in total. The maximum absolute atomic E-state index is 4.42. The van der Waals surface area contributed by atoms with Crippen molar-refractivity contribution in [3.05, 3.63) is 34.3 Å². The number of aryl methyl sites for hydroxylation is 1. The van der Waals surface area contributed by atoms with E-state index in [9.17, 15) is 0 Å². The molecule has 4 nitrogen and oxygen atoms in total. The van der Waals surface area contributed by atoms with Gasteiger partial charge in [-0.25, -0.2) is 4.98 Å². The summed E-state index contributed by atoms with van der Waals surface area (Å²) >= 11 is 1.84. The van der Waals surface area contributed by atoms with Crippen molar-refractivity contribution in [2.75, 3.05) is 17.2 Å². The SMILES string of the molecule is CCNc1cncc(NCc2ccc(CC)s2)n1. The van der Waals surface area contributed by atoms with Gasteiger partial charge in [0.1, 0.15) is 11.6 Å². The molecule has 0 unspecified atom stereocenters. The highest BCUT2D eigenvalue weighted by Crippen LogP contribution is 2.18. The zero-order chi connectivity index (χ0) is 12.8. The second kappa shape index (κ2) is 6.35. The predicted molar refractivity (Wildman–Crippen MR) is 77.2 cm³/mol. The lowest BCUT2D eigenvalue weighted by molar-refractivity contribution is 1.08. The van der Waals surface area contributed by atoms with E-state index in [0.717, 1.165) is 31.1 Å². The van der Waals surface area contributed by atoms with Gasteiger partial charge in [-0.05, 0) is 25.5 Å². The lowest BCUT2D eigenvalue weighted by atomic mass is 10.3. The molecule has 0 amide bonds. The van der Waals surface area contributed by atoms with Crippen LogP contribution in [0.3, 0.4) is 0 Å². The summed E-state index contributed by atoms with van der Waals surface area (Å²) < 4.78 is 0. The van der Waals surface area contributed by atoms with Gasteiger partial charge in [0.2, 0.25) is 0 Å². The van der Waals surface area contributed by atoms with E-state index in [1.165, 1.54) is 9.75 Å². The van der Waals surface area contributed by atoms with Crippen molar-refractivity contribution < 1.29 is 0 Å². The summed E-state index contributed by atoms with van der Waals surface area (Å²) in [6.07, 6.45) is 4.57. The van der Waals surface area contributed by atoms with E-state index in [2.05, 4.69) is 39.7 Å². The summed E-state index contributed by atoms with van der Waals surface area (Å²) in [7, 11) is 0. The molecule has 0 aliphatic rings. The first-order valence-electron chi connectivity index (χ1n) is 6.19. The molecule has 2 aromatic heterocycles. The first-order valence-corrected chi connectivity index (χ1v) is 7.00. The molecule has 0 spiro atoms. The molecule has 0 fully saturated rings. The summed E-state index contributed by atoms with van der Waals surface area (Å²) in [4.78, 5) is 11.3. The molecule has 96 valence electrons. The third kappa shape index (κ3) is 3.43. The zero-order valence-corrected chi connectivity index (χ0v) is 11.5. The Hall–Kier alpha value is -1.62. The van der Waals surface area contributed by atoms with Crippen LogP contribution in [0.15, 0.2) is 24.5 Å². The highest BCUT2D eigenvalue weighted by atomic mass is 32.1. The minimum atomic E-state index is 0.801. The number of thiophene rings is 1. The highest BCUT2D eigenvalue weighted by Gasteiger charge is 2.00. The molecular weight excluding hydrogens is 244 g/mol. The van der Waals surface area contributed by atoms with Gasteiger partial charge in [0.05, 0.1) is 18.9 Å². The van der Waals surface area contributed by atoms with E-state index in [1.807, 2.05) is 18.3 Å². The minimum Gasteiger partial charge on any atom is -0.369 e. The molecule has 0 aliphatic heterocycles. The molecule has 0 aromatic carbocycles. The van der Waals surface area contributed by atoms with Crippen molar-refractivity contribution >= 4 is 23.0 Å². The summed E-state index contributed by atoms with van der Waals surface area (Å²) in [6, 6.07) is 4.35. The first-order chi connectivity index (χ1) is 8.81. The van der Waals surface area contributed by atoms with Crippen LogP contribution in [0.1, 0.15) is 23.6 Å². The zero-order valence-electron chi connectivity index (χ0n) is 10.7. The van der Waals surface area contributed by atoms with Gasteiger partial charge in [-0.15, -0.1) is 11.3 Å². The lowest BCUT2D eigenvalue weighted by Gasteiger charge is -2.06. The van der Waals surface area contributed by atoms with Gasteiger partial charge in [0.25, 0.3) is 0 Å². The van der Waals surface area contributed by atoms with Gasteiger partial charge in [0, 0.05) is 16.3 Å². The summed E-state index contributed by atoms with van der Waals surface area (Å²) in [5, 5.41) is 6.44. The lowest BCUT2D eigenvalue weighted by Crippen LogP contribution is -2.04. The molecule has 0 aliphatic carbocycles. The third-order valence-corrected chi connectivity index (χ3v) is 3.73. The van der Waals surface area contributed by atoms with Crippen molar-refractivity contribution in [1.82, 2.24) is 9.97 Å². The molecule has 0 saturated heterocycles. The van der Waals surface area contributed by atoms with Crippen LogP contribution in [0.5, 0.6) is 0 Å². The summed E-state index contributed by atoms with van der Waals surface area (Å²) in [5.74, 6) is 1.61. The number of hydrogen-bond donors (Lipinski definition) is 2. The Morgan fingerprint density at radius 3 is 2.44 bits per heavy atom. The number of rotatable bonds is 6. The van der Waals surface area contributed by atoms with Crippen molar-refractivity contribution in [2.45, 2.75) is 26.8 Å². The third-order valence-electron chi connectivity index (χ3n) is 2.50. The Kier molecular flexibility index (Phi) is 4.52. The summed E-state index contributed by atoms with van der Waals surface area (Å²) in [5.41, 5.74) is 0. The topological polar surface area (TPSA) is 49.8 Å². The van der Waals surface area contributed by atoms with Gasteiger partial charge >= 0.3 is 0 Å². The second-order valence-electron chi connectivity index (χ2n) is 3.90. The Bertz CT molecular complexity index is 495. The second-order valence-corrected chi connectivity index (χ2v) is 5.15. The van der Waals surface area contributed by atoms with E-state index >= 15 is 0 Å². The Morgan fingerprint density at radius 1 is 1.06 bits per heavy atom. The van der Waals surface area contributed by atoms with Crippen molar-refractivity contribution in [2.24, 2.45) is 0 Å². The van der Waals surface area contributed by atoms with Crippen LogP contribution in [-0.2, 0) is 13.0 Å². The molecule has 0 radical (unpaired) electrons. The van der Waals surface area contributed by atoms with E-state index in [-0.39, 0.29) is 0 Å². The summed E-state index contributed by atoms with van der Waals surface area (Å²) in [6.45, 7) is 5.87. The molecule has 2 aromatic rings. The van der Waals surface area contributed by atoms with E-state index in [0.29, 0.717) is 0 Å². The molecule has 18 heavy (non-hydrogen) atoms. The van der Waals surface area contributed by atoms with Gasteiger partial charge in [0.15, 0.2) is 0 Å². The van der Waals surface area contributed by atoms with Crippen LogP contribution in [0.25, 0.3) is 0 Å². The van der Waals surface area contributed by atoms with Gasteiger partial charge < -0.3 is 10.6 Å². The van der Waals surface area contributed by atoms with Crippen LogP contribution in [0.4, 0.5) is 11.6 Å². The normalized spacial score (nSPS) is 10.3. The molecule has 2 heterocycles. The van der Waals surface area contributed by atoms with Crippen LogP contribution in [0, 0.1) is 0 Å². The first kappa shape index (κ1) is 12.8. The average molecular weight is 262 g/mol. The standard InChI is InChI=1S/C13H18N4S/c1-3-10-5-6-11(18-10)7-16-13-9-14-8-12(17-13)15-4-2/h5-6,8-9H,3-4,7H2,1-2H3,(H2,15,16,17). The largest absolute Gasteiger partial charge is 0.369 e. The van der Waals surface area contributed by atoms with Gasteiger partial charge in [-0.3, -0.25) is 4.98 Å². The fourth-order valence-electron chi connectivity index (χ4n) is 1.60. The average Bonchev–Trinajstić information content (AvgIpc) is 2.85. The number of nitrogens with one attached hydrogen (secondary N) is 2. The number of anilines is 2. The molecular formula is C13H18N4S. The number of nitrogens with zero attached hydrogens (tertiary/aromatic N) is 2. The van der Waals surface area contributed by atoms with E-state index in [1.54, 1.807) is 12.4 Å². The van der Waals surface area contributed by atoms with Gasteiger partial charge in [-0.1, -0.05) is 6.92 Å². The Morgan fingerprint density at radius 2 is 1.78 bits per heavy atom. The number of hydrogen-bond acceptors (Lipinski definition) is 5. The van der Waals surface area contributed by atoms with Crippen LogP contribution in [-0.4, -0.2) is 16.5 Å². The minimum absolute atomic E-state index is 0.801. The maximum Gasteiger partial charge on any atom is 0.147 e. The molecule has 0 atom stereocenters. The number of aromatic nitrogens is 2. The van der Waals surface area contributed by atoms with E-state index in [4.69, 9.17) is 0 Å². The highest BCUT2D eigenvalue weighted by molar-refractivity contribution is 7.12. The Balaban J connectivity index is 1.94. The van der Waals surface area contributed by atoms with Crippen molar-refractivity contribution in [3.8, 4) is 0 Å². The monoisotopic (exact) mass is 262 g/mol. The fourth-order valence-corrected chi connectivity index (χ4v) is 2.50. The molecule has 0 saturated carbocycles.